The number of nitrogens with zero attached hydrogens (tertiary/aromatic N) is 1. The number of aryl methyl sites for hydroxylation is 1. The van der Waals surface area contributed by atoms with E-state index in [9.17, 15) is 4.79 Å². The molecule has 24 heavy (non-hydrogen) atoms. The summed E-state index contributed by atoms with van der Waals surface area (Å²) in [5, 5.41) is 0. The van der Waals surface area contributed by atoms with Crippen molar-refractivity contribution in [3.05, 3.63) is 35.4 Å². The summed E-state index contributed by atoms with van der Waals surface area (Å²) in [4.78, 5) is 15.0. The molecule has 5 nitrogen and oxygen atoms in total. The largest absolute Gasteiger partial charge is 0.493 e. The molecule has 5 heteroatoms. The lowest BCUT2D eigenvalue weighted by Crippen LogP contribution is -2.75. The molecule has 2 N–H and O–H groups in total. The van der Waals surface area contributed by atoms with Gasteiger partial charge >= 0.3 is 0 Å². The summed E-state index contributed by atoms with van der Waals surface area (Å²) in [5.41, 5.74) is 7.95. The van der Waals surface area contributed by atoms with E-state index in [-0.39, 0.29) is 11.8 Å². The van der Waals surface area contributed by atoms with Crippen LogP contribution in [-0.4, -0.2) is 49.1 Å². The lowest BCUT2D eigenvalue weighted by atomic mass is 9.53. The van der Waals surface area contributed by atoms with Crippen molar-refractivity contribution in [3.63, 3.8) is 0 Å². The highest BCUT2D eigenvalue weighted by atomic mass is 16.5. The molecule has 1 aromatic rings. The molecule has 1 saturated heterocycles. The zero-order valence-electron chi connectivity index (χ0n) is 14.6. The summed E-state index contributed by atoms with van der Waals surface area (Å²) in [6.45, 7) is 5.06. The van der Waals surface area contributed by atoms with Gasteiger partial charge in [-0.15, -0.1) is 0 Å². The van der Waals surface area contributed by atoms with Gasteiger partial charge in [0.25, 0.3) is 0 Å². The maximum atomic E-state index is 12.7. The second-order valence-corrected chi connectivity index (χ2v) is 7.33. The monoisotopic (exact) mass is 328 g/mol. The Hall–Kier alpha value is -1.85. The molecule has 0 saturated carbocycles. The molecule has 2 aliphatic heterocycles. The number of benzene rings is 1. The molecule has 1 aromatic carbocycles. The van der Waals surface area contributed by atoms with Crippen molar-refractivity contribution in [1.82, 2.24) is 4.90 Å². The Morgan fingerprint density at radius 3 is 2.88 bits per heavy atom. The lowest BCUT2D eigenvalue weighted by molar-refractivity contribution is -0.127. The summed E-state index contributed by atoms with van der Waals surface area (Å²) in [6, 6.07) is 4.03. The van der Waals surface area contributed by atoms with Gasteiger partial charge < -0.3 is 20.1 Å². The molecule has 4 atom stereocenters. The Morgan fingerprint density at radius 2 is 2.17 bits per heavy atom. The summed E-state index contributed by atoms with van der Waals surface area (Å²) in [6.07, 6.45) is 3.72. The molecule has 4 rings (SSSR count). The highest BCUT2D eigenvalue weighted by molar-refractivity contribution is 5.98. The van der Waals surface area contributed by atoms with Gasteiger partial charge in [-0.05, 0) is 51.6 Å². The van der Waals surface area contributed by atoms with Crippen molar-refractivity contribution in [2.45, 2.75) is 43.4 Å². The second kappa shape index (κ2) is 4.83. The quantitative estimate of drug-likeness (QED) is 0.848. The van der Waals surface area contributed by atoms with Crippen LogP contribution in [0, 0.1) is 6.92 Å². The van der Waals surface area contributed by atoms with Crippen molar-refractivity contribution in [2.24, 2.45) is 5.73 Å². The molecular weight excluding hydrogens is 304 g/mol. The van der Waals surface area contributed by atoms with E-state index in [0.717, 1.165) is 24.1 Å². The third-order valence-electron chi connectivity index (χ3n) is 6.45. The zero-order chi connectivity index (χ0) is 17.3. The van der Waals surface area contributed by atoms with Gasteiger partial charge in [0.1, 0.15) is 0 Å². The third kappa shape index (κ3) is 1.59. The number of ether oxygens (including phenoxy) is 2. The normalized spacial score (nSPS) is 37.5. The van der Waals surface area contributed by atoms with E-state index in [0.29, 0.717) is 11.5 Å². The van der Waals surface area contributed by atoms with Crippen LogP contribution in [0.2, 0.25) is 0 Å². The molecule has 1 aliphatic carbocycles. The number of nitrogens with two attached hydrogens (primary N) is 1. The van der Waals surface area contributed by atoms with E-state index in [1.54, 1.807) is 13.2 Å². The minimum Gasteiger partial charge on any atom is -0.493 e. The Morgan fingerprint density at radius 1 is 1.42 bits per heavy atom. The molecule has 1 spiro atoms. The summed E-state index contributed by atoms with van der Waals surface area (Å²) >= 11 is 0. The molecule has 0 bridgehead atoms. The number of methoxy groups -OCH3 is 1. The number of rotatable bonds is 1. The third-order valence-corrected chi connectivity index (χ3v) is 6.45. The van der Waals surface area contributed by atoms with Gasteiger partial charge in [0.2, 0.25) is 0 Å². The fraction of sp³-hybridized carbons (Fsp3) is 0.526. The SMILES string of the molecule is COc1ccc(C)c2c1O[C@H]1C(=O)C=CC3(N)C(C)N(C)CCC213. The summed E-state index contributed by atoms with van der Waals surface area (Å²) in [7, 11) is 3.71. The second-order valence-electron chi connectivity index (χ2n) is 7.33. The maximum Gasteiger partial charge on any atom is 0.196 e. The number of fused-ring (bicyclic) bond motifs is 1. The number of carbonyl (C=O) groups is 1. The zero-order valence-corrected chi connectivity index (χ0v) is 14.6. The van der Waals surface area contributed by atoms with Gasteiger partial charge in [0, 0.05) is 11.6 Å². The molecule has 0 amide bonds. The average molecular weight is 328 g/mol. The molecule has 3 aliphatic rings. The first-order valence-corrected chi connectivity index (χ1v) is 8.43. The molecular formula is C19H24N2O3. The molecule has 0 aromatic heterocycles. The first-order chi connectivity index (χ1) is 11.4. The van der Waals surface area contributed by atoms with E-state index in [2.05, 4.69) is 25.8 Å². The highest BCUT2D eigenvalue weighted by Gasteiger charge is 2.67. The maximum absolute atomic E-state index is 12.7. The first-order valence-electron chi connectivity index (χ1n) is 8.43. The Labute approximate surface area is 142 Å². The molecule has 3 unspecified atom stereocenters. The van der Waals surface area contributed by atoms with Crippen molar-refractivity contribution in [1.29, 1.82) is 0 Å². The van der Waals surface area contributed by atoms with Crippen molar-refractivity contribution >= 4 is 5.78 Å². The Kier molecular flexibility index (Phi) is 3.15. The van der Waals surface area contributed by atoms with E-state index in [1.807, 2.05) is 18.2 Å². The standard InChI is InChI=1S/C19H24N2O3/c1-11-5-6-14(23-4)16-15(11)18-9-10-21(3)12(2)19(18,20)8-7-13(22)17(18)24-16/h5-8,12,17H,9-10,20H2,1-4H3/t12?,17-,18?,19?/m0/s1. The highest BCUT2D eigenvalue weighted by Crippen LogP contribution is 2.59. The van der Waals surface area contributed by atoms with Crippen LogP contribution in [0.25, 0.3) is 0 Å². The van der Waals surface area contributed by atoms with E-state index in [1.165, 1.54) is 0 Å². The summed E-state index contributed by atoms with van der Waals surface area (Å²) < 4.78 is 11.7. The fourth-order valence-electron chi connectivity index (χ4n) is 4.94. The molecule has 128 valence electrons. The molecule has 1 fully saturated rings. The number of piperidine rings is 1. The number of hydrogen-bond donors (Lipinski definition) is 1. The van der Waals surface area contributed by atoms with Crippen molar-refractivity contribution in [3.8, 4) is 11.5 Å². The first kappa shape index (κ1) is 15.7. The number of likely N-dealkylation sites (tertiary alicyclic amines) is 1. The Bertz CT molecular complexity index is 759. The van der Waals surface area contributed by atoms with E-state index < -0.39 is 17.1 Å². The lowest BCUT2D eigenvalue weighted by Gasteiger charge is -2.57. The fourth-order valence-corrected chi connectivity index (χ4v) is 4.94. The van der Waals surface area contributed by atoms with Gasteiger partial charge in [0.15, 0.2) is 23.4 Å². The number of hydrogen-bond acceptors (Lipinski definition) is 5. The van der Waals surface area contributed by atoms with Crippen LogP contribution in [0.1, 0.15) is 24.5 Å². The predicted octanol–water partition coefficient (Wildman–Crippen LogP) is 1.56. The smallest absolute Gasteiger partial charge is 0.196 e. The predicted molar refractivity (Wildman–Crippen MR) is 91.6 cm³/mol. The van der Waals surface area contributed by atoms with Crippen LogP contribution in [-0.2, 0) is 10.2 Å². The van der Waals surface area contributed by atoms with Gasteiger partial charge in [-0.25, -0.2) is 0 Å². The van der Waals surface area contributed by atoms with Crippen molar-refractivity contribution in [2.75, 3.05) is 20.7 Å². The Balaban J connectivity index is 2.05. The van der Waals surface area contributed by atoms with Crippen molar-refractivity contribution < 1.29 is 14.3 Å². The van der Waals surface area contributed by atoms with E-state index >= 15 is 0 Å². The summed E-state index contributed by atoms with van der Waals surface area (Å²) in [5.74, 6) is 1.35. The average Bonchev–Trinajstić information content (AvgIpc) is 2.93. The molecule has 0 radical (unpaired) electrons. The van der Waals surface area contributed by atoms with Crippen LogP contribution in [0.3, 0.4) is 0 Å². The number of carbonyl (C=O) groups excluding carboxylic acids is 1. The van der Waals surface area contributed by atoms with Crippen LogP contribution in [0.15, 0.2) is 24.3 Å². The van der Waals surface area contributed by atoms with Gasteiger partial charge in [-0.2, -0.15) is 0 Å². The van der Waals surface area contributed by atoms with Gasteiger partial charge in [0.05, 0.1) is 18.1 Å². The van der Waals surface area contributed by atoms with E-state index in [4.69, 9.17) is 15.2 Å². The van der Waals surface area contributed by atoms with Gasteiger partial charge in [-0.3, -0.25) is 4.79 Å². The topological polar surface area (TPSA) is 64.8 Å². The van der Waals surface area contributed by atoms with Crippen LogP contribution in [0.4, 0.5) is 0 Å². The minimum atomic E-state index is -0.666. The van der Waals surface area contributed by atoms with Gasteiger partial charge in [-0.1, -0.05) is 12.1 Å². The van der Waals surface area contributed by atoms with Crippen LogP contribution < -0.4 is 15.2 Å². The molecule has 2 heterocycles. The van der Waals surface area contributed by atoms with Crippen LogP contribution >= 0.6 is 0 Å². The minimum absolute atomic E-state index is 0.00881. The van der Waals surface area contributed by atoms with Crippen LogP contribution in [0.5, 0.6) is 11.5 Å². The number of likely N-dealkylation sites (N-methyl/N-ethyl adjacent to an activating group) is 1. The number of ketones is 1.